The molecule has 5 rings (SSSR count). The molecule has 8 heteroatoms. The van der Waals surface area contributed by atoms with E-state index in [0.29, 0.717) is 5.56 Å². The van der Waals surface area contributed by atoms with E-state index >= 15 is 0 Å². The molecule has 4 atom stereocenters. The van der Waals surface area contributed by atoms with Crippen molar-refractivity contribution in [3.8, 4) is 6.07 Å². The maximum Gasteiger partial charge on any atom is 0.199 e. The zero-order valence-corrected chi connectivity index (χ0v) is 21.4. The number of nitrogens with zero attached hydrogens (tertiary/aromatic N) is 1. The van der Waals surface area contributed by atoms with Crippen LogP contribution in [0.4, 0.5) is 0 Å². The number of allylic oxidation sites excluding steroid dienone is 1. The molecule has 0 aliphatic heterocycles. The zero-order chi connectivity index (χ0) is 25.1. The van der Waals surface area contributed by atoms with E-state index < -0.39 is 41.5 Å². The largest absolute Gasteiger partial charge is 0.223 e. The van der Waals surface area contributed by atoms with Crippen LogP contribution in [0.1, 0.15) is 28.2 Å². The summed E-state index contributed by atoms with van der Waals surface area (Å²) in [5.41, 5.74) is 3.40. The lowest BCUT2D eigenvalue weighted by atomic mass is 9.87. The Morgan fingerprint density at radius 2 is 1.34 bits per heavy atom. The molecule has 4 unspecified atom stereocenters. The standard InChI is InChI=1S/C27H22ClNO4S2/c1-16-7-11-18(12-8-16)34(30,31)26-23-21-6-4-3-5-20(21)22(15-29)24(25(23)26)27(28)35(32,33)19-13-9-17(2)10-14-19/h3-14,23,25-27H,1-2H3. The van der Waals surface area contributed by atoms with Gasteiger partial charge in [-0.2, -0.15) is 5.26 Å². The van der Waals surface area contributed by atoms with Gasteiger partial charge in [0.2, 0.25) is 0 Å². The van der Waals surface area contributed by atoms with Gasteiger partial charge in [-0.25, -0.2) is 16.8 Å². The minimum Gasteiger partial charge on any atom is -0.223 e. The fourth-order valence-electron chi connectivity index (χ4n) is 5.04. The van der Waals surface area contributed by atoms with Crippen LogP contribution >= 0.6 is 11.6 Å². The van der Waals surface area contributed by atoms with Crippen molar-refractivity contribution < 1.29 is 16.8 Å². The van der Waals surface area contributed by atoms with Crippen molar-refractivity contribution in [2.45, 2.75) is 39.5 Å². The molecule has 0 amide bonds. The summed E-state index contributed by atoms with van der Waals surface area (Å²) in [6.45, 7) is 3.72. The number of hydrogen-bond donors (Lipinski definition) is 0. The fourth-order valence-corrected chi connectivity index (χ4v) is 9.11. The van der Waals surface area contributed by atoms with Gasteiger partial charge < -0.3 is 0 Å². The molecule has 5 nitrogen and oxygen atoms in total. The first-order chi connectivity index (χ1) is 16.6. The number of rotatable bonds is 5. The van der Waals surface area contributed by atoms with Crippen LogP contribution < -0.4 is 0 Å². The van der Waals surface area contributed by atoms with Crippen LogP contribution in [0.15, 0.2) is 88.2 Å². The van der Waals surface area contributed by atoms with E-state index in [1.165, 1.54) is 12.1 Å². The molecule has 2 aliphatic rings. The molecule has 0 N–H and O–H groups in total. The SMILES string of the molecule is Cc1ccc(S(=O)(=O)C(Cl)C2=C(C#N)c3ccccc3C3C2C3S(=O)(=O)c2ccc(C)cc2)cc1. The van der Waals surface area contributed by atoms with Crippen molar-refractivity contribution in [3.05, 3.63) is 101 Å². The van der Waals surface area contributed by atoms with E-state index in [-0.39, 0.29) is 20.9 Å². The van der Waals surface area contributed by atoms with E-state index in [1.807, 2.05) is 19.9 Å². The third-order valence-electron chi connectivity index (χ3n) is 6.88. The monoisotopic (exact) mass is 523 g/mol. The maximum absolute atomic E-state index is 13.7. The van der Waals surface area contributed by atoms with Crippen LogP contribution in [0.5, 0.6) is 0 Å². The Morgan fingerprint density at radius 1 is 0.800 bits per heavy atom. The molecule has 3 aromatic rings. The van der Waals surface area contributed by atoms with Crippen LogP contribution in [0.2, 0.25) is 0 Å². The van der Waals surface area contributed by atoms with E-state index in [4.69, 9.17) is 11.6 Å². The van der Waals surface area contributed by atoms with Gasteiger partial charge >= 0.3 is 0 Å². The summed E-state index contributed by atoms with van der Waals surface area (Å²) in [4.78, 5) is 0.201. The summed E-state index contributed by atoms with van der Waals surface area (Å²) in [5.74, 6) is -1.17. The second-order valence-corrected chi connectivity index (χ2v) is 13.9. The Labute approximate surface area is 210 Å². The number of benzene rings is 3. The molecule has 1 saturated carbocycles. The van der Waals surface area contributed by atoms with E-state index in [2.05, 4.69) is 6.07 Å². The smallest absolute Gasteiger partial charge is 0.199 e. The molecule has 35 heavy (non-hydrogen) atoms. The topological polar surface area (TPSA) is 92.1 Å². The zero-order valence-electron chi connectivity index (χ0n) is 19.0. The summed E-state index contributed by atoms with van der Waals surface area (Å²) < 4.78 is 52.9. The highest BCUT2D eigenvalue weighted by Crippen LogP contribution is 2.64. The maximum atomic E-state index is 13.7. The number of aryl methyl sites for hydroxylation is 2. The first-order valence-corrected chi connectivity index (χ1v) is 14.6. The second kappa shape index (κ2) is 8.34. The summed E-state index contributed by atoms with van der Waals surface area (Å²) >= 11 is 6.68. The van der Waals surface area contributed by atoms with Gasteiger partial charge in [0.15, 0.2) is 24.4 Å². The van der Waals surface area contributed by atoms with Gasteiger partial charge in [0.25, 0.3) is 0 Å². The highest BCUT2D eigenvalue weighted by Gasteiger charge is 2.65. The first kappa shape index (κ1) is 23.8. The van der Waals surface area contributed by atoms with E-state index in [0.717, 1.165) is 16.7 Å². The average molecular weight is 524 g/mol. The van der Waals surface area contributed by atoms with Crippen molar-refractivity contribution >= 4 is 36.8 Å². The van der Waals surface area contributed by atoms with Crippen LogP contribution in [-0.2, 0) is 19.7 Å². The van der Waals surface area contributed by atoms with E-state index in [1.54, 1.807) is 54.6 Å². The molecule has 0 heterocycles. The summed E-state index contributed by atoms with van der Waals surface area (Å²) in [6, 6.07) is 22.1. The van der Waals surface area contributed by atoms with Gasteiger partial charge in [-0.1, -0.05) is 59.7 Å². The molecule has 1 fully saturated rings. The van der Waals surface area contributed by atoms with Gasteiger partial charge in [0, 0.05) is 11.8 Å². The molecule has 0 bridgehead atoms. The molecule has 0 radical (unpaired) electrons. The molecule has 0 aromatic heterocycles. The van der Waals surface area contributed by atoms with Crippen LogP contribution in [-0.4, -0.2) is 26.8 Å². The van der Waals surface area contributed by atoms with Gasteiger partial charge in [-0.3, -0.25) is 0 Å². The minimum atomic E-state index is -4.08. The van der Waals surface area contributed by atoms with Crippen LogP contribution in [0.25, 0.3) is 5.57 Å². The molecule has 3 aromatic carbocycles. The van der Waals surface area contributed by atoms with Crippen molar-refractivity contribution in [1.82, 2.24) is 0 Å². The number of sulfone groups is 2. The third kappa shape index (κ3) is 3.72. The predicted octanol–water partition coefficient (Wildman–Crippen LogP) is 5.19. The Kier molecular flexibility index (Phi) is 5.67. The Bertz CT molecular complexity index is 1620. The minimum absolute atomic E-state index is 0.0295. The molecule has 0 spiro atoms. The van der Waals surface area contributed by atoms with Crippen molar-refractivity contribution in [2.24, 2.45) is 5.92 Å². The summed E-state index contributed by atoms with van der Waals surface area (Å²) in [6.07, 6.45) is 0. The van der Waals surface area contributed by atoms with Crippen LogP contribution in [0, 0.1) is 31.1 Å². The second-order valence-electron chi connectivity index (χ2n) is 9.08. The number of alkyl halides is 1. The molecular weight excluding hydrogens is 502 g/mol. The van der Waals surface area contributed by atoms with Gasteiger partial charge in [0.05, 0.1) is 26.7 Å². The Hall–Kier alpha value is -2.92. The fraction of sp³-hybridized carbons (Fsp3) is 0.222. The van der Waals surface area contributed by atoms with Gasteiger partial charge in [-0.15, -0.1) is 11.6 Å². The van der Waals surface area contributed by atoms with E-state index in [9.17, 15) is 22.1 Å². The third-order valence-corrected chi connectivity index (χ3v) is 11.8. The lowest BCUT2D eigenvalue weighted by Crippen LogP contribution is -2.23. The van der Waals surface area contributed by atoms with Crippen molar-refractivity contribution in [1.29, 1.82) is 5.26 Å². The molecule has 0 saturated heterocycles. The predicted molar refractivity (Wildman–Crippen MR) is 135 cm³/mol. The van der Waals surface area contributed by atoms with Crippen molar-refractivity contribution in [2.75, 3.05) is 0 Å². The number of halogens is 1. The normalized spacial score (nSPS) is 22.1. The quantitative estimate of drug-likeness (QED) is 0.429. The summed E-state index contributed by atoms with van der Waals surface area (Å²) in [5, 5.41) is 9.19. The summed E-state index contributed by atoms with van der Waals surface area (Å²) in [7, 11) is -7.90. The van der Waals surface area contributed by atoms with Crippen molar-refractivity contribution in [3.63, 3.8) is 0 Å². The van der Waals surface area contributed by atoms with Crippen LogP contribution in [0.3, 0.4) is 0 Å². The lowest BCUT2D eigenvalue weighted by molar-refractivity contribution is 0.589. The molecule has 178 valence electrons. The highest BCUT2D eigenvalue weighted by molar-refractivity contribution is 7.93. The first-order valence-electron chi connectivity index (χ1n) is 11.1. The number of fused-ring (bicyclic) bond motifs is 3. The number of hydrogen-bond acceptors (Lipinski definition) is 5. The van der Waals surface area contributed by atoms with Gasteiger partial charge in [-0.05, 0) is 54.8 Å². The average Bonchev–Trinajstić information content (AvgIpc) is 3.60. The number of nitriles is 1. The molecular formula is C27H22ClNO4S2. The lowest BCUT2D eigenvalue weighted by Gasteiger charge is -2.22. The molecule has 2 aliphatic carbocycles. The Balaban J connectivity index is 1.68. The Morgan fingerprint density at radius 3 is 1.91 bits per heavy atom. The highest BCUT2D eigenvalue weighted by atomic mass is 35.5. The van der Waals surface area contributed by atoms with Gasteiger partial charge in [0.1, 0.15) is 0 Å².